The van der Waals surface area contributed by atoms with Crippen molar-refractivity contribution in [3.8, 4) is 0 Å². The van der Waals surface area contributed by atoms with Gasteiger partial charge in [-0.15, -0.1) is 0 Å². The molecule has 0 bridgehead atoms. The quantitative estimate of drug-likeness (QED) is 0.663. The second-order valence-electron chi connectivity index (χ2n) is 8.00. The molecule has 3 heterocycles. The number of benzene rings is 1. The van der Waals surface area contributed by atoms with E-state index in [1.807, 2.05) is 4.90 Å². The number of aryl methyl sites for hydroxylation is 2. The number of carbonyl (C=O) groups excluding carboxylic acids is 1. The zero-order valence-electron chi connectivity index (χ0n) is 17.7. The highest BCUT2D eigenvalue weighted by Gasteiger charge is 2.28. The number of amides is 1. The average Bonchev–Trinajstić information content (AvgIpc) is 3.25. The molecule has 0 spiro atoms. The Morgan fingerprint density at radius 3 is 2.39 bits per heavy atom. The van der Waals surface area contributed by atoms with Gasteiger partial charge in [0.2, 0.25) is 21.8 Å². The van der Waals surface area contributed by atoms with Crippen LogP contribution in [-0.4, -0.2) is 73.1 Å². The molecule has 0 radical (unpaired) electrons. The van der Waals surface area contributed by atoms with E-state index >= 15 is 0 Å². The molecule has 1 amide bonds. The van der Waals surface area contributed by atoms with Gasteiger partial charge in [-0.1, -0.05) is 17.3 Å². The van der Waals surface area contributed by atoms with Gasteiger partial charge in [0.15, 0.2) is 5.82 Å². The fourth-order valence-corrected chi connectivity index (χ4v) is 5.44. The predicted molar refractivity (Wildman–Crippen MR) is 112 cm³/mol. The topological polar surface area (TPSA) is 106 Å². The molecule has 2 saturated heterocycles. The normalized spacial score (nSPS) is 18.9. The number of likely N-dealkylation sites (tertiary alicyclic amines) is 1. The van der Waals surface area contributed by atoms with Crippen molar-refractivity contribution in [1.29, 1.82) is 0 Å². The van der Waals surface area contributed by atoms with Gasteiger partial charge in [-0.2, -0.15) is 9.29 Å². The maximum atomic E-state index is 12.7. The van der Waals surface area contributed by atoms with E-state index in [1.165, 1.54) is 4.31 Å². The van der Waals surface area contributed by atoms with Crippen LogP contribution < -0.4 is 0 Å². The van der Waals surface area contributed by atoms with Crippen molar-refractivity contribution >= 4 is 15.9 Å². The number of carbonyl (C=O) groups is 1. The summed E-state index contributed by atoms with van der Waals surface area (Å²) in [6.45, 7) is 4.76. The molecule has 0 N–H and O–H groups in total. The number of nitrogens with zero attached hydrogens (tertiary/aromatic N) is 4. The molecule has 2 aliphatic rings. The SMILES string of the molecule is Cc1noc(C2CCN(C(=O)CCc3ccc(S(=O)(=O)N4CCOCC4)cc3)CC2)n1. The Morgan fingerprint density at radius 1 is 1.10 bits per heavy atom. The lowest BCUT2D eigenvalue weighted by atomic mass is 9.96. The van der Waals surface area contributed by atoms with E-state index in [-0.39, 0.29) is 16.7 Å². The van der Waals surface area contributed by atoms with Crippen LogP contribution in [0.15, 0.2) is 33.7 Å². The van der Waals surface area contributed by atoms with Crippen molar-refractivity contribution in [2.24, 2.45) is 0 Å². The molecule has 0 unspecified atom stereocenters. The molecule has 2 aromatic rings. The Labute approximate surface area is 182 Å². The summed E-state index contributed by atoms with van der Waals surface area (Å²) in [5, 5.41) is 3.84. The van der Waals surface area contributed by atoms with E-state index in [4.69, 9.17) is 9.26 Å². The van der Waals surface area contributed by atoms with Crippen LogP contribution in [0.3, 0.4) is 0 Å². The van der Waals surface area contributed by atoms with Crippen molar-refractivity contribution in [2.45, 2.75) is 43.4 Å². The molecule has 10 heteroatoms. The zero-order valence-corrected chi connectivity index (χ0v) is 18.5. The van der Waals surface area contributed by atoms with Gasteiger partial charge in [0.25, 0.3) is 0 Å². The molecule has 9 nitrogen and oxygen atoms in total. The maximum absolute atomic E-state index is 12.7. The van der Waals surface area contributed by atoms with E-state index in [1.54, 1.807) is 31.2 Å². The Kier molecular flexibility index (Phi) is 6.68. The minimum Gasteiger partial charge on any atom is -0.379 e. The fourth-order valence-electron chi connectivity index (χ4n) is 4.03. The molecule has 31 heavy (non-hydrogen) atoms. The van der Waals surface area contributed by atoms with Crippen molar-refractivity contribution in [1.82, 2.24) is 19.3 Å². The minimum absolute atomic E-state index is 0.116. The highest BCUT2D eigenvalue weighted by atomic mass is 32.2. The molecular formula is C21H28N4O5S. The van der Waals surface area contributed by atoms with Crippen molar-refractivity contribution in [2.75, 3.05) is 39.4 Å². The first-order chi connectivity index (χ1) is 14.9. The number of hydrogen-bond acceptors (Lipinski definition) is 7. The lowest BCUT2D eigenvalue weighted by Crippen LogP contribution is -2.40. The van der Waals surface area contributed by atoms with Gasteiger partial charge >= 0.3 is 0 Å². The maximum Gasteiger partial charge on any atom is 0.243 e. The number of aromatic nitrogens is 2. The summed E-state index contributed by atoms with van der Waals surface area (Å²) in [6.07, 6.45) is 2.63. The van der Waals surface area contributed by atoms with E-state index in [0.29, 0.717) is 63.9 Å². The summed E-state index contributed by atoms with van der Waals surface area (Å²) >= 11 is 0. The first-order valence-corrected chi connectivity index (χ1v) is 12.1. The predicted octanol–water partition coefficient (Wildman–Crippen LogP) is 1.74. The smallest absolute Gasteiger partial charge is 0.243 e. The van der Waals surface area contributed by atoms with Crippen molar-refractivity contribution in [3.05, 3.63) is 41.5 Å². The van der Waals surface area contributed by atoms with Crippen LogP contribution >= 0.6 is 0 Å². The standard InChI is InChI=1S/C21H28N4O5S/c1-16-22-21(30-23-16)18-8-10-24(11-9-18)20(26)7-4-17-2-5-19(6-3-17)31(27,28)25-12-14-29-15-13-25/h2-3,5-6,18H,4,7-15H2,1H3. The van der Waals surface area contributed by atoms with E-state index in [0.717, 1.165) is 18.4 Å². The van der Waals surface area contributed by atoms with E-state index in [2.05, 4.69) is 10.1 Å². The summed E-state index contributed by atoms with van der Waals surface area (Å²) in [5.41, 5.74) is 0.950. The lowest BCUT2D eigenvalue weighted by Gasteiger charge is -2.30. The zero-order chi connectivity index (χ0) is 21.8. The molecule has 4 rings (SSSR count). The first-order valence-electron chi connectivity index (χ1n) is 10.7. The van der Waals surface area contributed by atoms with Crippen LogP contribution in [0.4, 0.5) is 0 Å². The molecule has 1 aromatic carbocycles. The third kappa shape index (κ3) is 5.13. The van der Waals surface area contributed by atoms with Crippen molar-refractivity contribution < 1.29 is 22.5 Å². The Hall–Kier alpha value is -2.30. The summed E-state index contributed by atoms with van der Waals surface area (Å²) < 4.78 is 37.3. The van der Waals surface area contributed by atoms with Crippen molar-refractivity contribution in [3.63, 3.8) is 0 Å². The molecule has 168 valence electrons. The molecule has 2 aliphatic heterocycles. The van der Waals surface area contributed by atoms with Gasteiger partial charge in [-0.05, 0) is 43.9 Å². The summed E-state index contributed by atoms with van der Waals surface area (Å²) in [6, 6.07) is 6.85. The molecule has 2 fully saturated rings. The number of rotatable bonds is 6. The number of hydrogen-bond donors (Lipinski definition) is 0. The molecular weight excluding hydrogens is 420 g/mol. The lowest BCUT2D eigenvalue weighted by molar-refractivity contribution is -0.132. The monoisotopic (exact) mass is 448 g/mol. The number of ether oxygens (including phenoxy) is 1. The largest absolute Gasteiger partial charge is 0.379 e. The van der Waals surface area contributed by atoms with Crippen LogP contribution in [0.5, 0.6) is 0 Å². The van der Waals surface area contributed by atoms with Gasteiger partial charge in [0.05, 0.1) is 18.1 Å². The third-order valence-electron chi connectivity index (χ3n) is 5.90. The summed E-state index contributed by atoms with van der Waals surface area (Å²) in [7, 11) is -3.49. The second kappa shape index (κ2) is 9.46. The van der Waals surface area contributed by atoms with Crippen LogP contribution in [-0.2, 0) is 26.0 Å². The number of piperidine rings is 1. The average molecular weight is 449 g/mol. The van der Waals surface area contributed by atoms with E-state index < -0.39 is 10.0 Å². The van der Waals surface area contributed by atoms with Crippen LogP contribution in [0, 0.1) is 6.92 Å². The van der Waals surface area contributed by atoms with Crippen LogP contribution in [0.1, 0.15) is 42.5 Å². The fraction of sp³-hybridized carbons (Fsp3) is 0.571. The van der Waals surface area contributed by atoms with Gasteiger partial charge in [-0.3, -0.25) is 4.79 Å². The van der Waals surface area contributed by atoms with E-state index in [9.17, 15) is 13.2 Å². The van der Waals surface area contributed by atoms with Gasteiger partial charge in [0, 0.05) is 38.5 Å². The Morgan fingerprint density at radius 2 is 1.77 bits per heavy atom. The number of morpholine rings is 1. The third-order valence-corrected chi connectivity index (χ3v) is 7.81. The summed E-state index contributed by atoms with van der Waals surface area (Å²) in [5.74, 6) is 1.63. The van der Waals surface area contributed by atoms with Crippen LogP contribution in [0.2, 0.25) is 0 Å². The van der Waals surface area contributed by atoms with Gasteiger partial charge in [-0.25, -0.2) is 8.42 Å². The summed E-state index contributed by atoms with van der Waals surface area (Å²) in [4.78, 5) is 19.1. The Balaban J connectivity index is 1.27. The van der Waals surface area contributed by atoms with Crippen LogP contribution in [0.25, 0.3) is 0 Å². The second-order valence-corrected chi connectivity index (χ2v) is 9.93. The number of sulfonamides is 1. The molecule has 0 atom stereocenters. The highest BCUT2D eigenvalue weighted by molar-refractivity contribution is 7.89. The molecule has 1 aromatic heterocycles. The Bertz CT molecular complexity index is 991. The molecule has 0 aliphatic carbocycles. The first kappa shape index (κ1) is 21.9. The van der Waals surface area contributed by atoms with Gasteiger partial charge < -0.3 is 14.2 Å². The molecule has 0 saturated carbocycles. The van der Waals surface area contributed by atoms with Gasteiger partial charge in [0.1, 0.15) is 0 Å². The highest BCUT2D eigenvalue weighted by Crippen LogP contribution is 2.27. The minimum atomic E-state index is -3.49.